The number of aryl methyl sites for hydroxylation is 1. The number of rotatable bonds is 6. The lowest BCUT2D eigenvalue weighted by Gasteiger charge is -2.31. The third kappa shape index (κ3) is 3.88. The smallest absolute Gasteiger partial charge is 0.374 e. The topological polar surface area (TPSA) is 53.4 Å². The van der Waals surface area contributed by atoms with Gasteiger partial charge in [0.05, 0.1) is 13.0 Å². The number of hydrogen-bond acceptors (Lipinski definition) is 5. The molecule has 25 heavy (non-hydrogen) atoms. The van der Waals surface area contributed by atoms with Crippen LogP contribution in [0.25, 0.3) is 0 Å². The van der Waals surface area contributed by atoms with Crippen molar-refractivity contribution < 1.29 is 23.1 Å². The maximum absolute atomic E-state index is 13.6. The standard InChI is InChI=1S/C16H17F3N2O2S2/c1-10-9-25-14(20-10)15(23,16(17,18)19)7-13(22)21(11-4-5-11)8-12-3-2-6-24-12/h2-3,6,9,11,23H,4-5,7-8H2,1H3. The third-order valence-corrected chi connectivity index (χ3v) is 6.04. The SMILES string of the molecule is Cc1csc(C(O)(CC(=O)N(Cc2cccs2)C2CC2)C(F)(F)F)n1. The van der Waals surface area contributed by atoms with Crippen LogP contribution in [0.15, 0.2) is 22.9 Å². The van der Waals surface area contributed by atoms with Crippen LogP contribution >= 0.6 is 22.7 Å². The van der Waals surface area contributed by atoms with Crippen molar-refractivity contribution in [1.82, 2.24) is 9.88 Å². The van der Waals surface area contributed by atoms with E-state index in [-0.39, 0.29) is 12.6 Å². The van der Waals surface area contributed by atoms with Gasteiger partial charge in [0.2, 0.25) is 11.5 Å². The summed E-state index contributed by atoms with van der Waals surface area (Å²) < 4.78 is 40.7. The number of nitrogens with zero attached hydrogens (tertiary/aromatic N) is 2. The first-order chi connectivity index (χ1) is 11.7. The molecule has 0 aliphatic heterocycles. The highest BCUT2D eigenvalue weighted by atomic mass is 32.1. The molecule has 2 aromatic rings. The van der Waals surface area contributed by atoms with Crippen molar-refractivity contribution in [3.63, 3.8) is 0 Å². The van der Waals surface area contributed by atoms with E-state index in [0.717, 1.165) is 17.7 Å². The Morgan fingerprint density at radius 1 is 1.40 bits per heavy atom. The van der Waals surface area contributed by atoms with Crippen LogP contribution in [-0.4, -0.2) is 33.1 Å². The monoisotopic (exact) mass is 390 g/mol. The Morgan fingerprint density at radius 2 is 2.12 bits per heavy atom. The second kappa shape index (κ2) is 6.69. The Hall–Kier alpha value is -1.45. The Labute approximate surface area is 150 Å². The number of hydrogen-bond donors (Lipinski definition) is 1. The lowest BCUT2D eigenvalue weighted by molar-refractivity contribution is -0.268. The summed E-state index contributed by atoms with van der Waals surface area (Å²) in [5.74, 6) is -0.705. The summed E-state index contributed by atoms with van der Waals surface area (Å²) in [5, 5.41) is 13.2. The zero-order chi connectivity index (χ0) is 18.2. The Balaban J connectivity index is 1.84. The van der Waals surface area contributed by atoms with E-state index in [1.165, 1.54) is 21.6 Å². The van der Waals surface area contributed by atoms with Gasteiger partial charge in [0, 0.05) is 22.0 Å². The van der Waals surface area contributed by atoms with Gasteiger partial charge in [-0.25, -0.2) is 4.98 Å². The Morgan fingerprint density at radius 3 is 2.60 bits per heavy atom. The van der Waals surface area contributed by atoms with Crippen molar-refractivity contribution in [2.24, 2.45) is 0 Å². The lowest BCUT2D eigenvalue weighted by Crippen LogP contribution is -2.47. The van der Waals surface area contributed by atoms with Gasteiger partial charge in [-0.15, -0.1) is 22.7 Å². The molecule has 4 nitrogen and oxygen atoms in total. The third-order valence-electron chi connectivity index (χ3n) is 4.06. The summed E-state index contributed by atoms with van der Waals surface area (Å²) in [6.45, 7) is 1.82. The number of aromatic nitrogens is 1. The average Bonchev–Trinajstić information content (AvgIpc) is 3.04. The Bertz CT molecular complexity index is 741. The van der Waals surface area contributed by atoms with Crippen molar-refractivity contribution >= 4 is 28.6 Å². The van der Waals surface area contributed by atoms with Gasteiger partial charge >= 0.3 is 6.18 Å². The molecule has 0 saturated heterocycles. The van der Waals surface area contributed by atoms with Gasteiger partial charge in [-0.05, 0) is 31.2 Å². The van der Waals surface area contributed by atoms with E-state index < -0.39 is 29.1 Å². The van der Waals surface area contributed by atoms with E-state index >= 15 is 0 Å². The minimum Gasteiger partial charge on any atom is -0.374 e. The summed E-state index contributed by atoms with van der Waals surface area (Å²) in [5.41, 5.74) is -2.88. The van der Waals surface area contributed by atoms with Crippen LogP contribution in [0, 0.1) is 6.92 Å². The van der Waals surface area contributed by atoms with E-state index in [9.17, 15) is 23.1 Å². The summed E-state index contributed by atoms with van der Waals surface area (Å²) in [7, 11) is 0. The Kier molecular flexibility index (Phi) is 4.91. The first kappa shape index (κ1) is 18.3. The van der Waals surface area contributed by atoms with Crippen LogP contribution < -0.4 is 0 Å². The predicted octanol–water partition coefficient (Wildman–Crippen LogP) is 3.84. The molecule has 2 aromatic heterocycles. The van der Waals surface area contributed by atoms with Crippen LogP contribution in [0.5, 0.6) is 0 Å². The second-order valence-corrected chi connectivity index (χ2v) is 8.05. The minimum absolute atomic E-state index is 0.0508. The molecule has 9 heteroatoms. The maximum Gasteiger partial charge on any atom is 0.424 e. The average molecular weight is 390 g/mol. The first-order valence-corrected chi connectivity index (χ1v) is 9.50. The second-order valence-electron chi connectivity index (χ2n) is 6.16. The summed E-state index contributed by atoms with van der Waals surface area (Å²) in [4.78, 5) is 18.8. The lowest BCUT2D eigenvalue weighted by atomic mass is 9.98. The van der Waals surface area contributed by atoms with Gasteiger partial charge < -0.3 is 10.0 Å². The van der Waals surface area contributed by atoms with Crippen LogP contribution in [0.4, 0.5) is 13.2 Å². The molecule has 2 heterocycles. The molecular weight excluding hydrogens is 373 g/mol. The zero-order valence-corrected chi connectivity index (χ0v) is 15.0. The number of amides is 1. The van der Waals surface area contributed by atoms with Crippen LogP contribution in [0.2, 0.25) is 0 Å². The molecule has 1 saturated carbocycles. The van der Waals surface area contributed by atoms with E-state index in [2.05, 4.69) is 4.98 Å². The molecule has 1 aliphatic rings. The molecule has 1 aliphatic carbocycles. The van der Waals surface area contributed by atoms with Crippen LogP contribution in [-0.2, 0) is 16.9 Å². The normalized spacial score (nSPS) is 17.3. The highest BCUT2D eigenvalue weighted by Gasteiger charge is 2.58. The van der Waals surface area contributed by atoms with Gasteiger partial charge in [-0.1, -0.05) is 6.07 Å². The summed E-state index contributed by atoms with van der Waals surface area (Å²) >= 11 is 2.16. The van der Waals surface area contributed by atoms with E-state index in [1.54, 1.807) is 6.92 Å². The fourth-order valence-electron chi connectivity index (χ4n) is 2.54. The number of carbonyl (C=O) groups is 1. The molecule has 3 rings (SSSR count). The van der Waals surface area contributed by atoms with Crippen molar-refractivity contribution in [3.8, 4) is 0 Å². The van der Waals surface area contributed by atoms with Crippen LogP contribution in [0.3, 0.4) is 0 Å². The predicted molar refractivity (Wildman–Crippen MR) is 89.3 cm³/mol. The van der Waals surface area contributed by atoms with Gasteiger partial charge in [0.1, 0.15) is 5.01 Å². The van der Waals surface area contributed by atoms with Crippen LogP contribution in [0.1, 0.15) is 34.8 Å². The molecular formula is C16H17F3N2O2S2. The fourth-order valence-corrected chi connectivity index (χ4v) is 4.16. The van der Waals surface area contributed by atoms with E-state index in [1.807, 2.05) is 17.5 Å². The van der Waals surface area contributed by atoms with Crippen molar-refractivity contribution in [3.05, 3.63) is 38.5 Å². The highest BCUT2D eigenvalue weighted by Crippen LogP contribution is 2.44. The molecule has 1 amide bonds. The molecule has 0 bridgehead atoms. The van der Waals surface area contributed by atoms with Gasteiger partial charge in [-0.2, -0.15) is 13.2 Å². The number of alkyl halides is 3. The van der Waals surface area contributed by atoms with E-state index in [0.29, 0.717) is 17.0 Å². The fraction of sp³-hybridized carbons (Fsp3) is 0.500. The number of halogens is 3. The first-order valence-electron chi connectivity index (χ1n) is 7.74. The van der Waals surface area contributed by atoms with Gasteiger partial charge in [-0.3, -0.25) is 4.79 Å². The summed E-state index contributed by atoms with van der Waals surface area (Å²) in [6.07, 6.45) is -4.48. The zero-order valence-electron chi connectivity index (χ0n) is 13.4. The molecule has 1 N–H and O–H groups in total. The molecule has 0 spiro atoms. The van der Waals surface area contributed by atoms with Crippen molar-refractivity contribution in [1.29, 1.82) is 0 Å². The molecule has 1 atom stereocenters. The van der Waals surface area contributed by atoms with Crippen molar-refractivity contribution in [2.75, 3.05) is 0 Å². The molecule has 0 aromatic carbocycles. The number of thiazole rings is 1. The van der Waals surface area contributed by atoms with Gasteiger partial charge in [0.15, 0.2) is 0 Å². The molecule has 1 fully saturated rings. The molecule has 1 unspecified atom stereocenters. The largest absolute Gasteiger partial charge is 0.424 e. The van der Waals surface area contributed by atoms with Crippen molar-refractivity contribution in [2.45, 2.75) is 50.6 Å². The van der Waals surface area contributed by atoms with E-state index in [4.69, 9.17) is 0 Å². The van der Waals surface area contributed by atoms with Gasteiger partial charge in [0.25, 0.3) is 0 Å². The summed E-state index contributed by atoms with van der Waals surface area (Å²) in [6, 6.07) is 3.62. The minimum atomic E-state index is -4.98. The maximum atomic E-state index is 13.6. The quantitative estimate of drug-likeness (QED) is 0.815. The number of carbonyl (C=O) groups excluding carboxylic acids is 1. The number of aliphatic hydroxyl groups is 1. The molecule has 0 radical (unpaired) electrons. The molecule has 136 valence electrons. The number of thiophene rings is 1. The highest BCUT2D eigenvalue weighted by molar-refractivity contribution is 7.10.